The minimum absolute atomic E-state index is 0.763. The van der Waals surface area contributed by atoms with Gasteiger partial charge in [0.15, 0.2) is 0 Å². The van der Waals surface area contributed by atoms with Crippen molar-refractivity contribution in [3.63, 3.8) is 0 Å². The van der Waals surface area contributed by atoms with Crippen LogP contribution >= 0.6 is 0 Å². The molecule has 0 aliphatic heterocycles. The number of unbranched alkanes of at least 4 members (excludes halogenated alkanes) is 11. The lowest BCUT2D eigenvalue weighted by Gasteiger charge is -2.05. The van der Waals surface area contributed by atoms with E-state index >= 15 is 0 Å². The van der Waals surface area contributed by atoms with E-state index in [1.165, 1.54) is 82.6 Å². The Bertz CT molecular complexity index is 320. The SMILES string of the molecule is CCCCCCCCCCCCCCOCc1ccccc1. The summed E-state index contributed by atoms with van der Waals surface area (Å²) in [5.41, 5.74) is 1.28. The molecular weight excluding hydrogens is 268 g/mol. The second kappa shape index (κ2) is 15.1. The van der Waals surface area contributed by atoms with Crippen molar-refractivity contribution in [1.29, 1.82) is 0 Å². The minimum Gasteiger partial charge on any atom is -0.377 e. The van der Waals surface area contributed by atoms with Gasteiger partial charge in [0.25, 0.3) is 0 Å². The molecule has 126 valence electrons. The maximum absolute atomic E-state index is 5.71. The summed E-state index contributed by atoms with van der Waals surface area (Å²) in [4.78, 5) is 0. The van der Waals surface area contributed by atoms with Crippen LogP contribution < -0.4 is 0 Å². The van der Waals surface area contributed by atoms with Crippen LogP contribution in [0.25, 0.3) is 0 Å². The van der Waals surface area contributed by atoms with Crippen molar-refractivity contribution >= 4 is 0 Å². The van der Waals surface area contributed by atoms with Crippen LogP contribution in [0, 0.1) is 0 Å². The highest BCUT2D eigenvalue weighted by Gasteiger charge is 1.95. The summed E-state index contributed by atoms with van der Waals surface area (Å²) in [6, 6.07) is 10.4. The van der Waals surface area contributed by atoms with Crippen LogP contribution in [0.4, 0.5) is 0 Å². The van der Waals surface area contributed by atoms with Crippen molar-refractivity contribution in [3.05, 3.63) is 35.9 Å². The second-order valence-electron chi connectivity index (χ2n) is 6.43. The third-order valence-corrected chi connectivity index (χ3v) is 4.25. The highest BCUT2D eigenvalue weighted by Crippen LogP contribution is 2.12. The number of hydrogen-bond donors (Lipinski definition) is 0. The van der Waals surface area contributed by atoms with E-state index in [4.69, 9.17) is 4.74 Å². The normalized spacial score (nSPS) is 11.0. The van der Waals surface area contributed by atoms with E-state index in [1.807, 2.05) is 0 Å². The summed E-state index contributed by atoms with van der Waals surface area (Å²) in [6.07, 6.45) is 16.8. The molecule has 0 bridgehead atoms. The van der Waals surface area contributed by atoms with Gasteiger partial charge in [-0.2, -0.15) is 0 Å². The van der Waals surface area contributed by atoms with Gasteiger partial charge < -0.3 is 4.74 Å². The van der Waals surface area contributed by atoms with Crippen LogP contribution in [0.15, 0.2) is 30.3 Å². The molecule has 1 heteroatoms. The molecule has 0 heterocycles. The zero-order valence-corrected chi connectivity index (χ0v) is 14.7. The summed E-state index contributed by atoms with van der Waals surface area (Å²) in [5.74, 6) is 0. The van der Waals surface area contributed by atoms with E-state index in [2.05, 4.69) is 37.3 Å². The summed E-state index contributed by atoms with van der Waals surface area (Å²) < 4.78 is 5.71. The van der Waals surface area contributed by atoms with Gasteiger partial charge in [0.05, 0.1) is 6.61 Å². The largest absolute Gasteiger partial charge is 0.377 e. The molecule has 0 radical (unpaired) electrons. The highest BCUT2D eigenvalue weighted by molar-refractivity contribution is 5.13. The van der Waals surface area contributed by atoms with Gasteiger partial charge in [0, 0.05) is 6.61 Å². The molecule has 0 fully saturated rings. The zero-order valence-electron chi connectivity index (χ0n) is 14.7. The summed E-state index contributed by atoms with van der Waals surface area (Å²) >= 11 is 0. The van der Waals surface area contributed by atoms with Crippen molar-refractivity contribution in [3.8, 4) is 0 Å². The van der Waals surface area contributed by atoms with Crippen molar-refractivity contribution in [2.24, 2.45) is 0 Å². The predicted octanol–water partition coefficient (Wildman–Crippen LogP) is 6.90. The van der Waals surface area contributed by atoms with Gasteiger partial charge >= 0.3 is 0 Å². The molecule has 0 aliphatic carbocycles. The molecule has 0 saturated carbocycles. The number of hydrogen-bond acceptors (Lipinski definition) is 1. The quantitative estimate of drug-likeness (QED) is 0.320. The second-order valence-corrected chi connectivity index (χ2v) is 6.43. The number of benzene rings is 1. The van der Waals surface area contributed by atoms with Crippen molar-refractivity contribution < 1.29 is 4.74 Å². The molecule has 0 saturated heterocycles. The van der Waals surface area contributed by atoms with E-state index in [9.17, 15) is 0 Å². The minimum atomic E-state index is 0.763. The molecule has 0 aromatic heterocycles. The van der Waals surface area contributed by atoms with Crippen LogP contribution in [-0.4, -0.2) is 6.61 Å². The first-order chi connectivity index (χ1) is 10.9. The molecule has 1 rings (SSSR count). The Hall–Kier alpha value is -0.820. The van der Waals surface area contributed by atoms with Gasteiger partial charge in [-0.15, -0.1) is 0 Å². The standard InChI is InChI=1S/C21H36O/c1-2-3-4-5-6-7-8-9-10-11-12-16-19-22-20-21-17-14-13-15-18-21/h13-15,17-18H,2-12,16,19-20H2,1H3. The molecule has 0 amide bonds. The molecule has 0 aliphatic rings. The molecule has 1 aromatic carbocycles. The fraction of sp³-hybridized carbons (Fsp3) is 0.714. The molecule has 1 nitrogen and oxygen atoms in total. The van der Waals surface area contributed by atoms with Crippen LogP contribution in [0.2, 0.25) is 0 Å². The Morgan fingerprint density at radius 3 is 1.68 bits per heavy atom. The van der Waals surface area contributed by atoms with Crippen molar-refractivity contribution in [2.45, 2.75) is 90.6 Å². The first-order valence-electron chi connectivity index (χ1n) is 9.55. The Morgan fingerprint density at radius 2 is 1.14 bits per heavy atom. The Balaban J connectivity index is 1.73. The first-order valence-corrected chi connectivity index (χ1v) is 9.55. The lowest BCUT2D eigenvalue weighted by atomic mass is 10.1. The van der Waals surface area contributed by atoms with Crippen LogP contribution in [-0.2, 0) is 11.3 Å². The monoisotopic (exact) mass is 304 g/mol. The van der Waals surface area contributed by atoms with Gasteiger partial charge in [0.2, 0.25) is 0 Å². The molecule has 0 spiro atoms. The van der Waals surface area contributed by atoms with E-state index in [-0.39, 0.29) is 0 Å². The van der Waals surface area contributed by atoms with Crippen molar-refractivity contribution in [1.82, 2.24) is 0 Å². The molecule has 22 heavy (non-hydrogen) atoms. The number of ether oxygens (including phenoxy) is 1. The van der Waals surface area contributed by atoms with Gasteiger partial charge in [0.1, 0.15) is 0 Å². The Morgan fingerprint density at radius 1 is 0.636 bits per heavy atom. The van der Waals surface area contributed by atoms with Gasteiger partial charge in [-0.25, -0.2) is 0 Å². The summed E-state index contributed by atoms with van der Waals surface area (Å²) in [6.45, 7) is 3.96. The molecule has 0 unspecified atom stereocenters. The molecular formula is C21H36O. The Labute approximate surface area is 138 Å². The van der Waals surface area contributed by atoms with Gasteiger partial charge in [-0.05, 0) is 12.0 Å². The molecule has 0 atom stereocenters. The average molecular weight is 305 g/mol. The van der Waals surface area contributed by atoms with E-state index in [0.29, 0.717) is 0 Å². The van der Waals surface area contributed by atoms with Crippen LogP contribution in [0.3, 0.4) is 0 Å². The van der Waals surface area contributed by atoms with Gasteiger partial charge in [-0.1, -0.05) is 108 Å². The average Bonchev–Trinajstić information content (AvgIpc) is 2.56. The summed E-state index contributed by atoms with van der Waals surface area (Å²) in [7, 11) is 0. The van der Waals surface area contributed by atoms with Crippen molar-refractivity contribution in [2.75, 3.05) is 6.61 Å². The lowest BCUT2D eigenvalue weighted by Crippen LogP contribution is -1.95. The zero-order chi connectivity index (χ0) is 15.7. The predicted molar refractivity (Wildman–Crippen MR) is 97.2 cm³/mol. The van der Waals surface area contributed by atoms with E-state index in [0.717, 1.165) is 13.2 Å². The maximum atomic E-state index is 5.71. The third-order valence-electron chi connectivity index (χ3n) is 4.25. The van der Waals surface area contributed by atoms with Crippen LogP contribution in [0.5, 0.6) is 0 Å². The number of rotatable bonds is 15. The molecule has 0 N–H and O–H groups in total. The lowest BCUT2D eigenvalue weighted by molar-refractivity contribution is 0.116. The fourth-order valence-electron chi connectivity index (χ4n) is 2.81. The molecule has 1 aromatic rings. The smallest absolute Gasteiger partial charge is 0.0716 e. The van der Waals surface area contributed by atoms with E-state index < -0.39 is 0 Å². The summed E-state index contributed by atoms with van der Waals surface area (Å²) in [5, 5.41) is 0. The first kappa shape index (κ1) is 19.2. The topological polar surface area (TPSA) is 9.23 Å². The fourth-order valence-corrected chi connectivity index (χ4v) is 2.81. The maximum Gasteiger partial charge on any atom is 0.0716 e. The Kier molecular flexibility index (Phi) is 13.2. The third kappa shape index (κ3) is 11.8. The highest BCUT2D eigenvalue weighted by atomic mass is 16.5. The van der Waals surface area contributed by atoms with Gasteiger partial charge in [-0.3, -0.25) is 0 Å². The van der Waals surface area contributed by atoms with E-state index in [1.54, 1.807) is 0 Å². The van der Waals surface area contributed by atoms with Crippen LogP contribution in [0.1, 0.15) is 89.5 Å².